The maximum Gasteiger partial charge on any atom is 0.188 e. The van der Waals surface area contributed by atoms with Gasteiger partial charge in [-0.2, -0.15) is 0 Å². The summed E-state index contributed by atoms with van der Waals surface area (Å²) in [5, 5.41) is 6.43. The second-order valence-corrected chi connectivity index (χ2v) is 1.20. The lowest BCUT2D eigenvalue weighted by Gasteiger charge is -1.66. The minimum Gasteiger partial charge on any atom is -0.277 e. The Morgan fingerprint density at radius 3 is 2.20 bits per heavy atom. The minimum absolute atomic E-state index is 0.0810. The predicted molar refractivity (Wildman–Crippen MR) is 26.2 cm³/mol. The Labute approximate surface area is 38.6 Å². The smallest absolute Gasteiger partial charge is 0.188 e. The largest absolute Gasteiger partial charge is 0.277 e. The first-order chi connectivity index (χ1) is 2.27. The summed E-state index contributed by atoms with van der Waals surface area (Å²) in [6, 6.07) is 0. The average molecular weight is 135 g/mol. The van der Waals surface area contributed by atoms with Crippen molar-refractivity contribution in [2.24, 2.45) is 4.99 Å². The maximum atomic E-state index is 6.43. The van der Waals surface area contributed by atoms with Gasteiger partial charge in [0.05, 0.1) is 0 Å². The molecule has 1 N–H and O–H groups in total. The van der Waals surface area contributed by atoms with Crippen molar-refractivity contribution < 1.29 is 0 Å². The molecule has 0 aromatic heterocycles. The third-order valence-corrected chi connectivity index (χ3v) is 0.390. The van der Waals surface area contributed by atoms with E-state index in [4.69, 9.17) is 5.41 Å². The molecule has 0 fully saturated rings. The molecule has 0 aromatic rings. The van der Waals surface area contributed by atoms with Crippen molar-refractivity contribution in [3.63, 3.8) is 0 Å². The Bertz CT molecular complexity index is 58.7. The van der Waals surface area contributed by atoms with Gasteiger partial charge < -0.3 is 0 Å². The van der Waals surface area contributed by atoms with Crippen LogP contribution in [-0.2, 0) is 0 Å². The second kappa shape index (κ2) is 2.08. The number of halogens is 1. The molecule has 0 aromatic carbocycles. The van der Waals surface area contributed by atoms with Gasteiger partial charge in [-0.05, 0) is 22.6 Å². The van der Waals surface area contributed by atoms with Crippen molar-refractivity contribution in [3.05, 3.63) is 0 Å². The zero-order chi connectivity index (χ0) is 4.28. The maximum absolute atomic E-state index is 6.43. The van der Waals surface area contributed by atoms with Gasteiger partial charge in [0, 0.05) is 0 Å². The van der Waals surface area contributed by atoms with Gasteiger partial charge in [-0.25, -0.2) is 4.99 Å². The Kier molecular flexibility index (Phi) is 2.01. The number of hydrogen-bond donors (Lipinski definition) is 1. The summed E-state index contributed by atoms with van der Waals surface area (Å²) in [6.45, 7) is 3.04. The fraction of sp³-hybridized carbons (Fsp3) is 0. The van der Waals surface area contributed by atoms with Gasteiger partial charge in [0.15, 0.2) is 4.74 Å². The molecule has 0 saturated carbocycles. The van der Waals surface area contributed by atoms with E-state index >= 15 is 0 Å². The fourth-order valence-electron chi connectivity index (χ4n) is 0. The van der Waals surface area contributed by atoms with Crippen LogP contribution in [0.2, 0.25) is 0 Å². The molecular formula is C2H3BrN2. The van der Waals surface area contributed by atoms with Crippen molar-refractivity contribution in [2.75, 3.05) is 0 Å². The standard InChI is InChI=1S/C2H3BrN2/c1-5-2(3)4/h4H,1H2. The van der Waals surface area contributed by atoms with Crippen LogP contribution in [0.5, 0.6) is 0 Å². The Morgan fingerprint density at radius 2 is 2.20 bits per heavy atom. The second-order valence-electron chi connectivity index (χ2n) is 0.449. The van der Waals surface area contributed by atoms with E-state index in [1.54, 1.807) is 0 Å². The van der Waals surface area contributed by atoms with Crippen LogP contribution in [0.25, 0.3) is 0 Å². The Balaban J connectivity index is 3.20. The first-order valence-corrected chi connectivity index (χ1v) is 1.77. The van der Waals surface area contributed by atoms with Gasteiger partial charge in [-0.1, -0.05) is 0 Å². The summed E-state index contributed by atoms with van der Waals surface area (Å²) in [6.07, 6.45) is 0. The van der Waals surface area contributed by atoms with Gasteiger partial charge in [-0.3, -0.25) is 5.41 Å². The van der Waals surface area contributed by atoms with Crippen LogP contribution >= 0.6 is 15.9 Å². The number of hydrogen-bond acceptors (Lipinski definition) is 1. The number of rotatable bonds is 0. The SMILES string of the molecule is C=NC(=N)Br. The lowest BCUT2D eigenvalue weighted by Crippen LogP contribution is -1.65. The van der Waals surface area contributed by atoms with E-state index < -0.39 is 0 Å². The summed E-state index contributed by atoms with van der Waals surface area (Å²) in [4.78, 5) is 3.14. The molecule has 0 rings (SSSR count). The number of nitrogens with one attached hydrogen (secondary N) is 1. The van der Waals surface area contributed by atoms with Gasteiger partial charge >= 0.3 is 0 Å². The molecule has 2 nitrogen and oxygen atoms in total. The van der Waals surface area contributed by atoms with Crippen molar-refractivity contribution in [1.29, 1.82) is 5.41 Å². The third-order valence-electron chi connectivity index (χ3n) is 0.139. The van der Waals surface area contributed by atoms with Crippen LogP contribution in [0.15, 0.2) is 4.99 Å². The lowest BCUT2D eigenvalue weighted by atomic mass is 11.3. The van der Waals surface area contributed by atoms with E-state index in [0.29, 0.717) is 0 Å². The quantitative estimate of drug-likeness (QED) is 0.292. The van der Waals surface area contributed by atoms with Crippen LogP contribution in [0.1, 0.15) is 0 Å². The molecule has 28 valence electrons. The number of aliphatic imine (C=N–C) groups is 1. The normalized spacial score (nSPS) is 6.60. The number of nitrogens with zero attached hydrogens (tertiary/aromatic N) is 1. The molecule has 0 radical (unpaired) electrons. The molecule has 0 saturated heterocycles. The van der Waals surface area contributed by atoms with E-state index in [1.165, 1.54) is 0 Å². The highest BCUT2D eigenvalue weighted by atomic mass is 79.9. The topological polar surface area (TPSA) is 36.2 Å². The Hall–Kier alpha value is -0.180. The number of amidine groups is 1. The zero-order valence-electron chi connectivity index (χ0n) is 2.53. The van der Waals surface area contributed by atoms with Crippen molar-refractivity contribution in [3.8, 4) is 0 Å². The summed E-state index contributed by atoms with van der Waals surface area (Å²) >= 11 is 2.73. The van der Waals surface area contributed by atoms with Crippen molar-refractivity contribution in [2.45, 2.75) is 0 Å². The predicted octanol–water partition coefficient (Wildman–Crippen LogP) is 1.02. The minimum atomic E-state index is 0.0810. The van der Waals surface area contributed by atoms with E-state index in [-0.39, 0.29) is 4.74 Å². The molecule has 0 aliphatic carbocycles. The third kappa shape index (κ3) is 3.82. The monoisotopic (exact) mass is 134 g/mol. The first-order valence-electron chi connectivity index (χ1n) is 0.979. The molecule has 0 unspecified atom stereocenters. The molecule has 0 spiro atoms. The highest BCUT2D eigenvalue weighted by molar-refractivity contribution is 9.18. The molecule has 0 heterocycles. The van der Waals surface area contributed by atoms with Crippen LogP contribution in [0, 0.1) is 5.41 Å². The molecule has 0 aliphatic rings. The summed E-state index contributed by atoms with van der Waals surface area (Å²) < 4.78 is 0.0810. The van der Waals surface area contributed by atoms with E-state index in [9.17, 15) is 0 Å². The van der Waals surface area contributed by atoms with Gasteiger partial charge in [0.25, 0.3) is 0 Å². The molecule has 0 amide bonds. The average Bonchev–Trinajstić information content (AvgIpc) is 1.38. The van der Waals surface area contributed by atoms with Gasteiger partial charge in [0.1, 0.15) is 0 Å². The highest BCUT2D eigenvalue weighted by Crippen LogP contribution is 1.80. The fourth-order valence-corrected chi connectivity index (χ4v) is 0. The van der Waals surface area contributed by atoms with Crippen LogP contribution in [0.3, 0.4) is 0 Å². The van der Waals surface area contributed by atoms with E-state index in [2.05, 4.69) is 27.6 Å². The van der Waals surface area contributed by atoms with Crippen molar-refractivity contribution >= 4 is 27.4 Å². The van der Waals surface area contributed by atoms with E-state index in [1.807, 2.05) is 0 Å². The lowest BCUT2D eigenvalue weighted by molar-refractivity contribution is 1.51. The molecule has 0 aliphatic heterocycles. The van der Waals surface area contributed by atoms with Gasteiger partial charge in [0.2, 0.25) is 0 Å². The zero-order valence-corrected chi connectivity index (χ0v) is 4.12. The first kappa shape index (κ1) is 4.82. The molecule has 0 bridgehead atoms. The van der Waals surface area contributed by atoms with Crippen molar-refractivity contribution in [1.82, 2.24) is 0 Å². The summed E-state index contributed by atoms with van der Waals surface area (Å²) in [5.74, 6) is 0. The van der Waals surface area contributed by atoms with Crippen LogP contribution in [-0.4, -0.2) is 11.5 Å². The van der Waals surface area contributed by atoms with Gasteiger partial charge in [-0.15, -0.1) is 0 Å². The highest BCUT2D eigenvalue weighted by Gasteiger charge is 1.67. The summed E-state index contributed by atoms with van der Waals surface area (Å²) in [7, 11) is 0. The molecule has 0 atom stereocenters. The van der Waals surface area contributed by atoms with E-state index in [0.717, 1.165) is 0 Å². The van der Waals surface area contributed by atoms with Crippen LogP contribution < -0.4 is 0 Å². The molecule has 3 heteroatoms. The molecular weight excluding hydrogens is 132 g/mol. The summed E-state index contributed by atoms with van der Waals surface area (Å²) in [5.41, 5.74) is 0. The van der Waals surface area contributed by atoms with Crippen LogP contribution in [0.4, 0.5) is 0 Å². The molecule has 5 heavy (non-hydrogen) atoms. The Morgan fingerprint density at radius 1 is 2.00 bits per heavy atom.